The molecule has 0 saturated carbocycles. The molecule has 88 valence electrons. The third kappa shape index (κ3) is 2.59. The number of amides is 1. The van der Waals surface area contributed by atoms with Crippen LogP contribution in [0, 0.1) is 0 Å². The predicted molar refractivity (Wildman–Crippen MR) is 62.7 cm³/mol. The van der Waals surface area contributed by atoms with Gasteiger partial charge in [-0.25, -0.2) is 4.98 Å². The average molecular weight is 240 g/mol. The van der Waals surface area contributed by atoms with E-state index < -0.39 is 0 Å². The molecule has 1 aliphatic rings. The van der Waals surface area contributed by atoms with Gasteiger partial charge in [-0.05, 0) is 19.8 Å². The smallest absolute Gasteiger partial charge is 0.273 e. The molecule has 2 rings (SSSR count). The molecule has 0 radical (unpaired) electrons. The fourth-order valence-electron chi connectivity index (χ4n) is 1.87. The van der Waals surface area contributed by atoms with Gasteiger partial charge >= 0.3 is 0 Å². The first-order valence-corrected chi connectivity index (χ1v) is 6.54. The van der Waals surface area contributed by atoms with Crippen LogP contribution in [0.3, 0.4) is 0 Å². The number of nitrogens with zero attached hydrogens (tertiary/aromatic N) is 2. The Bertz CT molecular complexity index is 334. The highest BCUT2D eigenvalue weighted by atomic mass is 32.1. The molecule has 1 unspecified atom stereocenters. The van der Waals surface area contributed by atoms with Crippen molar-refractivity contribution in [3.05, 3.63) is 16.6 Å². The molecule has 1 aromatic rings. The second kappa shape index (κ2) is 5.41. The normalized spacial score (nSPS) is 19.9. The van der Waals surface area contributed by atoms with Crippen LogP contribution >= 0.6 is 11.3 Å². The molecule has 1 aromatic heterocycles. The standard InChI is InChI=1S/C11H16N2O2S/c1-2-13(6-9-4-3-5-15-9)11(14)10-7-16-8-12-10/h7-9H,2-6H2,1H3. The molecule has 0 aromatic carbocycles. The van der Waals surface area contributed by atoms with E-state index in [1.54, 1.807) is 10.9 Å². The van der Waals surface area contributed by atoms with Gasteiger partial charge in [-0.3, -0.25) is 4.79 Å². The molecular formula is C11H16N2O2S. The third-order valence-corrected chi connectivity index (χ3v) is 3.35. The summed E-state index contributed by atoms with van der Waals surface area (Å²) in [6, 6.07) is 0. The molecule has 0 N–H and O–H groups in total. The Balaban J connectivity index is 1.96. The van der Waals surface area contributed by atoms with Gasteiger partial charge in [0.15, 0.2) is 0 Å². The van der Waals surface area contributed by atoms with Gasteiger partial charge in [0.2, 0.25) is 0 Å². The zero-order valence-electron chi connectivity index (χ0n) is 9.39. The molecule has 5 heteroatoms. The molecule has 0 aliphatic carbocycles. The van der Waals surface area contributed by atoms with Crippen LogP contribution in [0.1, 0.15) is 30.3 Å². The number of aromatic nitrogens is 1. The summed E-state index contributed by atoms with van der Waals surface area (Å²) in [7, 11) is 0. The van der Waals surface area contributed by atoms with Crippen molar-refractivity contribution in [3.63, 3.8) is 0 Å². The van der Waals surface area contributed by atoms with Crippen molar-refractivity contribution < 1.29 is 9.53 Å². The molecule has 16 heavy (non-hydrogen) atoms. The first-order chi connectivity index (χ1) is 7.81. The molecule has 0 spiro atoms. The average Bonchev–Trinajstić information content (AvgIpc) is 2.97. The molecule has 1 fully saturated rings. The van der Waals surface area contributed by atoms with E-state index in [2.05, 4.69) is 4.98 Å². The van der Waals surface area contributed by atoms with Gasteiger partial charge in [0.05, 0.1) is 11.6 Å². The van der Waals surface area contributed by atoms with Crippen LogP contribution in [0.15, 0.2) is 10.9 Å². The minimum Gasteiger partial charge on any atom is -0.376 e. The summed E-state index contributed by atoms with van der Waals surface area (Å²) < 4.78 is 5.54. The van der Waals surface area contributed by atoms with Crippen LogP contribution in [-0.4, -0.2) is 41.6 Å². The van der Waals surface area contributed by atoms with Gasteiger partial charge in [0.1, 0.15) is 5.69 Å². The maximum Gasteiger partial charge on any atom is 0.273 e. The van der Waals surface area contributed by atoms with Crippen LogP contribution in [0.5, 0.6) is 0 Å². The molecule has 2 heterocycles. The number of carbonyl (C=O) groups excluding carboxylic acids is 1. The molecule has 1 saturated heterocycles. The van der Waals surface area contributed by atoms with E-state index >= 15 is 0 Å². The second-order valence-electron chi connectivity index (χ2n) is 3.85. The van der Waals surface area contributed by atoms with Crippen molar-refractivity contribution >= 4 is 17.2 Å². The zero-order valence-corrected chi connectivity index (χ0v) is 10.2. The summed E-state index contributed by atoms with van der Waals surface area (Å²) in [4.78, 5) is 17.9. The zero-order chi connectivity index (χ0) is 11.4. The fraction of sp³-hybridized carbons (Fsp3) is 0.636. The van der Waals surface area contributed by atoms with Crippen molar-refractivity contribution in [2.75, 3.05) is 19.7 Å². The molecule has 1 atom stereocenters. The Hall–Kier alpha value is -0.940. The Morgan fingerprint density at radius 2 is 2.62 bits per heavy atom. The SMILES string of the molecule is CCN(CC1CCCO1)C(=O)c1cscn1. The summed E-state index contributed by atoms with van der Waals surface area (Å²) in [5.41, 5.74) is 2.23. The predicted octanol–water partition coefficient (Wildman–Crippen LogP) is 1.78. The summed E-state index contributed by atoms with van der Waals surface area (Å²) in [5.74, 6) is 0.0132. The highest BCUT2D eigenvalue weighted by molar-refractivity contribution is 7.07. The largest absolute Gasteiger partial charge is 0.376 e. The summed E-state index contributed by atoms with van der Waals surface area (Å²) >= 11 is 1.45. The Morgan fingerprint density at radius 3 is 3.19 bits per heavy atom. The van der Waals surface area contributed by atoms with Crippen LogP contribution in [-0.2, 0) is 4.74 Å². The summed E-state index contributed by atoms with van der Waals surface area (Å²) in [6.07, 6.45) is 2.37. The van der Waals surface area contributed by atoms with Crippen LogP contribution in [0.2, 0.25) is 0 Å². The number of hydrogen-bond acceptors (Lipinski definition) is 4. The van der Waals surface area contributed by atoms with Crippen molar-refractivity contribution in [1.82, 2.24) is 9.88 Å². The van der Waals surface area contributed by atoms with E-state index in [1.165, 1.54) is 11.3 Å². The lowest BCUT2D eigenvalue weighted by Gasteiger charge is -2.23. The first kappa shape index (κ1) is 11.5. The van der Waals surface area contributed by atoms with Gasteiger partial charge in [-0.1, -0.05) is 0 Å². The highest BCUT2D eigenvalue weighted by Crippen LogP contribution is 2.15. The number of likely N-dealkylation sites (N-methyl/N-ethyl adjacent to an activating group) is 1. The van der Waals surface area contributed by atoms with E-state index in [1.807, 2.05) is 11.8 Å². The number of hydrogen-bond donors (Lipinski definition) is 0. The van der Waals surface area contributed by atoms with Gasteiger partial charge in [-0.2, -0.15) is 0 Å². The fourth-order valence-corrected chi connectivity index (χ4v) is 2.40. The highest BCUT2D eigenvalue weighted by Gasteiger charge is 2.22. The third-order valence-electron chi connectivity index (χ3n) is 2.77. The lowest BCUT2D eigenvalue weighted by Crippen LogP contribution is -2.37. The van der Waals surface area contributed by atoms with Gasteiger partial charge in [-0.15, -0.1) is 11.3 Å². The Labute approximate surface area is 99.2 Å². The van der Waals surface area contributed by atoms with Gasteiger partial charge in [0.25, 0.3) is 5.91 Å². The van der Waals surface area contributed by atoms with E-state index in [9.17, 15) is 4.79 Å². The van der Waals surface area contributed by atoms with Crippen molar-refractivity contribution in [2.24, 2.45) is 0 Å². The Kier molecular flexibility index (Phi) is 3.90. The molecular weight excluding hydrogens is 224 g/mol. The molecule has 0 bridgehead atoms. The van der Waals surface area contributed by atoms with E-state index in [0.717, 1.165) is 19.4 Å². The first-order valence-electron chi connectivity index (χ1n) is 5.60. The van der Waals surface area contributed by atoms with Gasteiger partial charge < -0.3 is 9.64 Å². The maximum absolute atomic E-state index is 12.0. The van der Waals surface area contributed by atoms with E-state index in [0.29, 0.717) is 18.8 Å². The van der Waals surface area contributed by atoms with Crippen LogP contribution in [0.25, 0.3) is 0 Å². The molecule has 4 nitrogen and oxygen atoms in total. The number of thiazole rings is 1. The number of carbonyl (C=O) groups is 1. The lowest BCUT2D eigenvalue weighted by molar-refractivity contribution is 0.0535. The van der Waals surface area contributed by atoms with E-state index in [4.69, 9.17) is 4.74 Å². The minimum absolute atomic E-state index is 0.0132. The van der Waals surface area contributed by atoms with Crippen molar-refractivity contribution in [1.29, 1.82) is 0 Å². The monoisotopic (exact) mass is 240 g/mol. The molecule has 1 amide bonds. The lowest BCUT2D eigenvalue weighted by atomic mass is 10.2. The Morgan fingerprint density at radius 1 is 1.75 bits per heavy atom. The second-order valence-corrected chi connectivity index (χ2v) is 4.57. The number of ether oxygens (including phenoxy) is 1. The summed E-state index contributed by atoms with van der Waals surface area (Å²) in [5, 5.41) is 1.79. The van der Waals surface area contributed by atoms with E-state index in [-0.39, 0.29) is 12.0 Å². The van der Waals surface area contributed by atoms with Crippen molar-refractivity contribution in [3.8, 4) is 0 Å². The quantitative estimate of drug-likeness (QED) is 0.805. The number of rotatable bonds is 4. The summed E-state index contributed by atoms with van der Waals surface area (Å²) in [6.45, 7) is 4.20. The van der Waals surface area contributed by atoms with Gasteiger partial charge in [0, 0.05) is 25.1 Å². The minimum atomic E-state index is 0.0132. The maximum atomic E-state index is 12.0. The van der Waals surface area contributed by atoms with Crippen LogP contribution < -0.4 is 0 Å². The van der Waals surface area contributed by atoms with Crippen molar-refractivity contribution in [2.45, 2.75) is 25.9 Å². The topological polar surface area (TPSA) is 42.4 Å². The van der Waals surface area contributed by atoms with Crippen LogP contribution in [0.4, 0.5) is 0 Å². The molecule has 1 aliphatic heterocycles.